The number of amides is 1. The number of ether oxygens (including phenoxy) is 1. The van der Waals surface area contributed by atoms with Crippen molar-refractivity contribution in [3.8, 4) is 5.75 Å². The number of anilines is 1. The van der Waals surface area contributed by atoms with Gasteiger partial charge in [-0.05, 0) is 54.3 Å². The van der Waals surface area contributed by atoms with Crippen LogP contribution in [-0.2, 0) is 17.6 Å². The zero-order chi connectivity index (χ0) is 17.1. The predicted octanol–water partition coefficient (Wildman–Crippen LogP) is 4.84. The Labute approximate surface area is 153 Å². The average Bonchev–Trinajstić information content (AvgIpc) is 3.27. The van der Waals surface area contributed by atoms with Gasteiger partial charge in [0.2, 0.25) is 5.91 Å². The Morgan fingerprint density at radius 1 is 1.12 bits per heavy atom. The van der Waals surface area contributed by atoms with E-state index < -0.39 is 0 Å². The van der Waals surface area contributed by atoms with Crippen molar-refractivity contribution in [3.63, 3.8) is 0 Å². The highest BCUT2D eigenvalue weighted by Crippen LogP contribution is 2.35. The van der Waals surface area contributed by atoms with E-state index in [0.29, 0.717) is 6.42 Å². The summed E-state index contributed by atoms with van der Waals surface area (Å²) < 4.78 is 5.51. The van der Waals surface area contributed by atoms with E-state index in [2.05, 4.69) is 23.5 Å². The molecule has 0 saturated heterocycles. The normalized spacial score (nSPS) is 16.5. The molecule has 1 heterocycles. The fraction of sp³-hybridized carbons (Fsp3) is 0.381. The van der Waals surface area contributed by atoms with E-state index in [0.717, 1.165) is 35.3 Å². The Balaban J connectivity index is 1.32. The van der Waals surface area contributed by atoms with Crippen LogP contribution in [0, 0.1) is 0 Å². The summed E-state index contributed by atoms with van der Waals surface area (Å²) in [5.41, 5.74) is 3.11. The second kappa shape index (κ2) is 7.52. The van der Waals surface area contributed by atoms with Gasteiger partial charge in [-0.2, -0.15) is 0 Å². The number of nitrogens with one attached hydrogen (secondary N) is 1. The van der Waals surface area contributed by atoms with E-state index in [1.54, 1.807) is 0 Å². The lowest BCUT2D eigenvalue weighted by molar-refractivity contribution is -0.115. The Morgan fingerprint density at radius 2 is 1.92 bits per heavy atom. The maximum absolute atomic E-state index is 12.3. The second-order valence-electron chi connectivity index (χ2n) is 6.81. The summed E-state index contributed by atoms with van der Waals surface area (Å²) >= 11 is 1.97. The van der Waals surface area contributed by atoms with Crippen LogP contribution in [0.15, 0.2) is 47.4 Å². The van der Waals surface area contributed by atoms with E-state index in [4.69, 9.17) is 4.74 Å². The summed E-state index contributed by atoms with van der Waals surface area (Å²) in [5.74, 6) is 0.981. The minimum absolute atomic E-state index is 0.0232. The van der Waals surface area contributed by atoms with Crippen molar-refractivity contribution in [2.45, 2.75) is 48.7 Å². The standard InChI is InChI=1S/C21H23NO2S/c23-21(14-15-5-10-20-16(13-15)11-12-24-20)22-17-6-8-19(9-7-17)25-18-3-1-2-4-18/h5-10,13,18H,1-4,11-12,14H2,(H,22,23). The summed E-state index contributed by atoms with van der Waals surface area (Å²) in [6.45, 7) is 0.746. The van der Waals surface area contributed by atoms with Crippen LogP contribution in [0.1, 0.15) is 36.8 Å². The van der Waals surface area contributed by atoms with Crippen molar-refractivity contribution in [2.24, 2.45) is 0 Å². The number of carbonyl (C=O) groups excluding carboxylic acids is 1. The Hall–Kier alpha value is -1.94. The topological polar surface area (TPSA) is 38.3 Å². The van der Waals surface area contributed by atoms with Gasteiger partial charge < -0.3 is 10.1 Å². The number of rotatable bonds is 5. The summed E-state index contributed by atoms with van der Waals surface area (Å²) in [6, 6.07) is 14.3. The van der Waals surface area contributed by atoms with Crippen LogP contribution in [0.25, 0.3) is 0 Å². The lowest BCUT2D eigenvalue weighted by Gasteiger charge is -2.10. The first kappa shape index (κ1) is 16.5. The van der Waals surface area contributed by atoms with E-state index in [-0.39, 0.29) is 5.91 Å². The molecule has 1 saturated carbocycles. The zero-order valence-corrected chi connectivity index (χ0v) is 15.1. The zero-order valence-electron chi connectivity index (χ0n) is 14.3. The molecular formula is C21H23NO2S. The summed E-state index contributed by atoms with van der Waals surface area (Å²) in [4.78, 5) is 13.6. The van der Waals surface area contributed by atoms with Gasteiger partial charge in [0, 0.05) is 22.3 Å². The van der Waals surface area contributed by atoms with Crippen LogP contribution >= 0.6 is 11.8 Å². The molecule has 130 valence electrons. The van der Waals surface area contributed by atoms with E-state index in [1.807, 2.05) is 36.0 Å². The minimum Gasteiger partial charge on any atom is -0.493 e. The van der Waals surface area contributed by atoms with Crippen LogP contribution in [0.2, 0.25) is 0 Å². The highest BCUT2D eigenvalue weighted by atomic mass is 32.2. The van der Waals surface area contributed by atoms with Gasteiger partial charge in [-0.3, -0.25) is 4.79 Å². The van der Waals surface area contributed by atoms with Gasteiger partial charge in [0.05, 0.1) is 13.0 Å². The van der Waals surface area contributed by atoms with Gasteiger partial charge in [-0.15, -0.1) is 11.8 Å². The lowest BCUT2D eigenvalue weighted by atomic mass is 10.1. The van der Waals surface area contributed by atoms with Crippen molar-refractivity contribution in [3.05, 3.63) is 53.6 Å². The molecule has 1 amide bonds. The van der Waals surface area contributed by atoms with Gasteiger partial charge in [0.1, 0.15) is 5.75 Å². The third kappa shape index (κ3) is 4.18. The first-order valence-electron chi connectivity index (χ1n) is 9.07. The summed E-state index contributed by atoms with van der Waals surface area (Å²) in [7, 11) is 0. The predicted molar refractivity (Wildman–Crippen MR) is 103 cm³/mol. The monoisotopic (exact) mass is 353 g/mol. The molecule has 0 unspecified atom stereocenters. The maximum atomic E-state index is 12.3. The molecule has 0 aromatic heterocycles. The Kier molecular flexibility index (Phi) is 4.97. The number of fused-ring (bicyclic) bond motifs is 1. The first-order valence-corrected chi connectivity index (χ1v) is 9.95. The van der Waals surface area contributed by atoms with Gasteiger partial charge in [0.15, 0.2) is 0 Å². The minimum atomic E-state index is 0.0232. The molecule has 2 aromatic carbocycles. The van der Waals surface area contributed by atoms with Crippen molar-refractivity contribution >= 4 is 23.4 Å². The quantitative estimate of drug-likeness (QED) is 0.836. The Morgan fingerprint density at radius 3 is 2.72 bits per heavy atom. The SMILES string of the molecule is O=C(Cc1ccc2c(c1)CCO2)Nc1ccc(SC2CCCC2)cc1. The molecule has 1 aliphatic carbocycles. The van der Waals surface area contributed by atoms with Gasteiger partial charge >= 0.3 is 0 Å². The molecule has 1 fully saturated rings. The average molecular weight is 353 g/mol. The van der Waals surface area contributed by atoms with Crippen molar-refractivity contribution in [2.75, 3.05) is 11.9 Å². The third-order valence-electron chi connectivity index (χ3n) is 4.86. The van der Waals surface area contributed by atoms with Gasteiger partial charge in [-0.25, -0.2) is 0 Å². The lowest BCUT2D eigenvalue weighted by Crippen LogP contribution is -2.14. The number of hydrogen-bond donors (Lipinski definition) is 1. The summed E-state index contributed by atoms with van der Waals surface area (Å²) in [5, 5.41) is 3.77. The molecule has 4 rings (SSSR count). The molecule has 25 heavy (non-hydrogen) atoms. The smallest absolute Gasteiger partial charge is 0.228 e. The molecule has 0 bridgehead atoms. The molecule has 3 nitrogen and oxygen atoms in total. The van der Waals surface area contributed by atoms with Crippen LogP contribution in [0.3, 0.4) is 0 Å². The molecule has 0 spiro atoms. The highest BCUT2D eigenvalue weighted by molar-refractivity contribution is 8.00. The number of thioether (sulfide) groups is 1. The van der Waals surface area contributed by atoms with Crippen molar-refractivity contribution in [1.29, 1.82) is 0 Å². The molecular weight excluding hydrogens is 330 g/mol. The van der Waals surface area contributed by atoms with E-state index in [9.17, 15) is 4.79 Å². The Bertz CT molecular complexity index is 751. The van der Waals surface area contributed by atoms with Gasteiger partial charge in [-0.1, -0.05) is 25.0 Å². The van der Waals surface area contributed by atoms with Crippen LogP contribution in [0.4, 0.5) is 5.69 Å². The summed E-state index contributed by atoms with van der Waals surface area (Å²) in [6.07, 6.45) is 6.71. The van der Waals surface area contributed by atoms with E-state index >= 15 is 0 Å². The number of hydrogen-bond acceptors (Lipinski definition) is 3. The molecule has 4 heteroatoms. The molecule has 1 N–H and O–H groups in total. The number of carbonyl (C=O) groups is 1. The molecule has 2 aromatic rings. The first-order chi connectivity index (χ1) is 12.3. The second-order valence-corrected chi connectivity index (χ2v) is 8.19. The molecule has 1 aliphatic heterocycles. The molecule has 0 atom stereocenters. The molecule has 0 radical (unpaired) electrons. The largest absolute Gasteiger partial charge is 0.493 e. The van der Waals surface area contributed by atoms with Crippen LogP contribution < -0.4 is 10.1 Å². The fourth-order valence-corrected chi connectivity index (χ4v) is 4.80. The van der Waals surface area contributed by atoms with Crippen molar-refractivity contribution < 1.29 is 9.53 Å². The third-order valence-corrected chi connectivity index (χ3v) is 6.21. The van der Waals surface area contributed by atoms with Crippen molar-refractivity contribution in [1.82, 2.24) is 0 Å². The van der Waals surface area contributed by atoms with Crippen LogP contribution in [0.5, 0.6) is 5.75 Å². The molecule has 2 aliphatic rings. The highest BCUT2D eigenvalue weighted by Gasteiger charge is 2.16. The van der Waals surface area contributed by atoms with Crippen LogP contribution in [-0.4, -0.2) is 17.8 Å². The van der Waals surface area contributed by atoms with E-state index in [1.165, 1.54) is 36.1 Å². The number of benzene rings is 2. The maximum Gasteiger partial charge on any atom is 0.228 e. The fourth-order valence-electron chi connectivity index (χ4n) is 3.56. The van der Waals surface area contributed by atoms with Gasteiger partial charge in [0.25, 0.3) is 0 Å².